The average Bonchev–Trinajstić information content (AvgIpc) is 2.80. The van der Waals surface area contributed by atoms with Crippen molar-refractivity contribution in [1.82, 2.24) is 9.80 Å². The van der Waals surface area contributed by atoms with Crippen molar-refractivity contribution in [3.8, 4) is 0 Å². The summed E-state index contributed by atoms with van der Waals surface area (Å²) in [5.41, 5.74) is 2.15. The predicted molar refractivity (Wildman–Crippen MR) is 104 cm³/mol. The maximum Gasteiger partial charge on any atom is 0.267 e. The van der Waals surface area contributed by atoms with Gasteiger partial charge in [-0.1, -0.05) is 50.0 Å². The standard InChI is InChI=1S/C17H23N3OS2/c1-5-19(6-2)12-20-16(21)15(23-17(20)22)11-13-7-9-14(10-8-13)18(3)4/h7-11H,5-6,12H2,1-4H3/b15-11-. The third-order valence-corrected chi connectivity index (χ3v) is 5.19. The Hall–Kier alpha value is -1.37. The fourth-order valence-electron chi connectivity index (χ4n) is 2.27. The second-order valence-corrected chi connectivity index (χ2v) is 7.22. The van der Waals surface area contributed by atoms with E-state index in [4.69, 9.17) is 12.2 Å². The highest BCUT2D eigenvalue weighted by molar-refractivity contribution is 8.26. The van der Waals surface area contributed by atoms with Crippen LogP contribution in [0.3, 0.4) is 0 Å². The van der Waals surface area contributed by atoms with Crippen LogP contribution in [0.5, 0.6) is 0 Å². The number of hydrogen-bond acceptors (Lipinski definition) is 5. The van der Waals surface area contributed by atoms with Crippen molar-refractivity contribution < 1.29 is 4.79 Å². The van der Waals surface area contributed by atoms with Gasteiger partial charge < -0.3 is 4.90 Å². The van der Waals surface area contributed by atoms with E-state index in [9.17, 15) is 4.79 Å². The van der Waals surface area contributed by atoms with E-state index < -0.39 is 0 Å². The highest BCUT2D eigenvalue weighted by atomic mass is 32.2. The first-order chi connectivity index (χ1) is 11.0. The minimum atomic E-state index is 0.00332. The summed E-state index contributed by atoms with van der Waals surface area (Å²) in [6.07, 6.45) is 1.92. The van der Waals surface area contributed by atoms with Gasteiger partial charge >= 0.3 is 0 Å². The lowest BCUT2D eigenvalue weighted by molar-refractivity contribution is -0.123. The molecule has 1 amide bonds. The Kier molecular flexibility index (Phi) is 6.21. The first kappa shape index (κ1) is 18.0. The Morgan fingerprint density at radius 1 is 1.17 bits per heavy atom. The second-order valence-electron chi connectivity index (χ2n) is 5.54. The highest BCUT2D eigenvalue weighted by Crippen LogP contribution is 2.32. The molecule has 2 rings (SSSR count). The molecule has 0 spiro atoms. The van der Waals surface area contributed by atoms with Gasteiger partial charge in [-0.3, -0.25) is 14.6 Å². The first-order valence-corrected chi connectivity index (χ1v) is 8.93. The molecule has 23 heavy (non-hydrogen) atoms. The number of benzene rings is 1. The van der Waals surface area contributed by atoms with Crippen molar-refractivity contribution in [3.05, 3.63) is 34.7 Å². The van der Waals surface area contributed by atoms with Gasteiger partial charge in [0.05, 0.1) is 11.6 Å². The zero-order chi connectivity index (χ0) is 17.0. The Morgan fingerprint density at radius 2 is 1.78 bits per heavy atom. The van der Waals surface area contributed by atoms with Crippen molar-refractivity contribution in [3.63, 3.8) is 0 Å². The van der Waals surface area contributed by atoms with E-state index in [1.54, 1.807) is 4.90 Å². The van der Waals surface area contributed by atoms with Crippen LogP contribution >= 0.6 is 24.0 Å². The number of nitrogens with zero attached hydrogens (tertiary/aromatic N) is 3. The van der Waals surface area contributed by atoms with Crippen LogP contribution in [0.1, 0.15) is 19.4 Å². The van der Waals surface area contributed by atoms with Gasteiger partial charge in [-0.05, 0) is 36.9 Å². The molecular weight excluding hydrogens is 326 g/mol. The molecule has 0 saturated carbocycles. The SMILES string of the molecule is CCN(CC)CN1C(=O)/C(=C/c2ccc(N(C)C)cc2)SC1=S. The number of carbonyl (C=O) groups is 1. The number of anilines is 1. The van der Waals surface area contributed by atoms with Crippen molar-refractivity contribution in [2.75, 3.05) is 38.8 Å². The number of carbonyl (C=O) groups excluding carboxylic acids is 1. The molecule has 1 aromatic rings. The molecule has 1 saturated heterocycles. The largest absolute Gasteiger partial charge is 0.378 e. The summed E-state index contributed by atoms with van der Waals surface area (Å²) in [5, 5.41) is 0. The van der Waals surface area contributed by atoms with Crippen LogP contribution in [-0.4, -0.2) is 53.9 Å². The van der Waals surface area contributed by atoms with Crippen LogP contribution in [-0.2, 0) is 4.79 Å². The maximum atomic E-state index is 12.6. The van der Waals surface area contributed by atoms with Crippen molar-refractivity contribution in [2.45, 2.75) is 13.8 Å². The molecule has 0 bridgehead atoms. The molecule has 6 heteroatoms. The maximum absolute atomic E-state index is 12.6. The first-order valence-electron chi connectivity index (χ1n) is 7.71. The molecule has 1 heterocycles. The summed E-state index contributed by atoms with van der Waals surface area (Å²) in [6, 6.07) is 8.13. The Bertz CT molecular complexity index is 607. The quantitative estimate of drug-likeness (QED) is 0.580. The molecule has 0 unspecified atom stereocenters. The molecule has 0 aliphatic carbocycles. The molecule has 0 N–H and O–H groups in total. The number of thioether (sulfide) groups is 1. The molecule has 0 aromatic heterocycles. The van der Waals surface area contributed by atoms with Gasteiger partial charge in [0, 0.05) is 19.8 Å². The molecule has 1 aromatic carbocycles. The van der Waals surface area contributed by atoms with E-state index in [1.165, 1.54) is 11.8 Å². The Balaban J connectivity index is 2.14. The number of rotatable bonds is 6. The topological polar surface area (TPSA) is 26.8 Å². The van der Waals surface area contributed by atoms with Gasteiger partial charge in [0.15, 0.2) is 0 Å². The van der Waals surface area contributed by atoms with Gasteiger partial charge in [0.25, 0.3) is 5.91 Å². The lowest BCUT2D eigenvalue weighted by atomic mass is 10.2. The highest BCUT2D eigenvalue weighted by Gasteiger charge is 2.32. The predicted octanol–water partition coefficient (Wildman–Crippen LogP) is 3.25. The van der Waals surface area contributed by atoms with Gasteiger partial charge in [0.2, 0.25) is 0 Å². The van der Waals surface area contributed by atoms with Crippen LogP contribution in [0, 0.1) is 0 Å². The van der Waals surface area contributed by atoms with E-state index in [0.29, 0.717) is 15.9 Å². The molecule has 124 valence electrons. The van der Waals surface area contributed by atoms with Crippen LogP contribution in [0.25, 0.3) is 6.08 Å². The third kappa shape index (κ3) is 4.34. The van der Waals surface area contributed by atoms with Crippen molar-refractivity contribution in [1.29, 1.82) is 0 Å². The minimum Gasteiger partial charge on any atom is -0.378 e. The average molecular weight is 350 g/mol. The number of thiocarbonyl (C=S) groups is 1. The summed E-state index contributed by atoms with van der Waals surface area (Å²) in [5.74, 6) is 0.00332. The lowest BCUT2D eigenvalue weighted by Crippen LogP contribution is -2.40. The van der Waals surface area contributed by atoms with Gasteiger partial charge in [-0.25, -0.2) is 0 Å². The lowest BCUT2D eigenvalue weighted by Gasteiger charge is -2.24. The Morgan fingerprint density at radius 3 is 2.30 bits per heavy atom. The zero-order valence-electron chi connectivity index (χ0n) is 14.1. The molecular formula is C17H23N3OS2. The molecule has 0 radical (unpaired) electrons. The van der Waals surface area contributed by atoms with E-state index in [0.717, 1.165) is 24.3 Å². The fraction of sp³-hybridized carbons (Fsp3) is 0.412. The van der Waals surface area contributed by atoms with Crippen LogP contribution < -0.4 is 4.90 Å². The third-order valence-electron chi connectivity index (χ3n) is 3.82. The summed E-state index contributed by atoms with van der Waals surface area (Å²) < 4.78 is 0.637. The number of hydrogen-bond donors (Lipinski definition) is 0. The van der Waals surface area contributed by atoms with Gasteiger partial charge in [-0.2, -0.15) is 0 Å². The monoisotopic (exact) mass is 349 g/mol. The zero-order valence-corrected chi connectivity index (χ0v) is 15.7. The summed E-state index contributed by atoms with van der Waals surface area (Å²) in [7, 11) is 4.01. The van der Waals surface area contributed by atoms with Gasteiger partial charge in [0.1, 0.15) is 4.32 Å². The smallest absolute Gasteiger partial charge is 0.267 e. The molecule has 1 aliphatic rings. The molecule has 4 nitrogen and oxygen atoms in total. The van der Waals surface area contributed by atoms with E-state index in [1.807, 2.05) is 49.3 Å². The normalized spacial score (nSPS) is 16.7. The molecule has 1 aliphatic heterocycles. The molecule has 1 fully saturated rings. The van der Waals surface area contributed by atoms with Crippen molar-refractivity contribution in [2.24, 2.45) is 0 Å². The van der Waals surface area contributed by atoms with Crippen LogP contribution in [0.15, 0.2) is 29.2 Å². The molecule has 0 atom stereocenters. The number of amides is 1. The van der Waals surface area contributed by atoms with E-state index in [-0.39, 0.29) is 5.91 Å². The van der Waals surface area contributed by atoms with Crippen molar-refractivity contribution >= 4 is 46.0 Å². The summed E-state index contributed by atoms with van der Waals surface area (Å²) >= 11 is 6.76. The van der Waals surface area contributed by atoms with E-state index >= 15 is 0 Å². The van der Waals surface area contributed by atoms with Crippen LogP contribution in [0.2, 0.25) is 0 Å². The van der Waals surface area contributed by atoms with Crippen LogP contribution in [0.4, 0.5) is 5.69 Å². The minimum absolute atomic E-state index is 0.00332. The second kappa shape index (κ2) is 7.95. The van der Waals surface area contributed by atoms with Gasteiger partial charge in [-0.15, -0.1) is 0 Å². The summed E-state index contributed by atoms with van der Waals surface area (Å²) in [6.45, 7) is 6.54. The van der Waals surface area contributed by atoms with E-state index in [2.05, 4.69) is 18.7 Å². The fourth-order valence-corrected chi connectivity index (χ4v) is 3.51. The summed E-state index contributed by atoms with van der Waals surface area (Å²) in [4.78, 5) is 19.2. The Labute approximate surface area is 148 Å².